The smallest absolute Gasteiger partial charge is 0.291 e. The van der Waals surface area contributed by atoms with E-state index in [0.717, 1.165) is 42.5 Å². The van der Waals surface area contributed by atoms with E-state index in [-0.39, 0.29) is 29.6 Å². The van der Waals surface area contributed by atoms with Crippen molar-refractivity contribution >= 4 is 22.7 Å². The summed E-state index contributed by atoms with van der Waals surface area (Å²) in [5.41, 5.74) is 5.98. The van der Waals surface area contributed by atoms with E-state index in [1.165, 1.54) is 17.3 Å². The zero-order valence-corrected chi connectivity index (χ0v) is 18.3. The Morgan fingerprint density at radius 3 is 2.91 bits per heavy atom. The standard InChI is InChI=1S/C26H26N4O2/c1-26(2)9-7-16(8-10-26)22-13-17(18-11-20-4-5-21(12-18)32-20)3-6-23(22)30-25(31)24-28-15-19(14-27)29-24/h3-7,11,13,15,20-21H,8-10,12H2,1-2H3,(H,28,29)(H,30,31)/t20-,21+/m1/s1. The predicted octanol–water partition coefficient (Wildman–Crippen LogP) is 5.24. The van der Waals surface area contributed by atoms with Gasteiger partial charge in [-0.1, -0.05) is 38.1 Å². The number of hydrogen-bond donors (Lipinski definition) is 2. The second-order valence-corrected chi connectivity index (χ2v) is 9.48. The van der Waals surface area contributed by atoms with Crippen molar-refractivity contribution in [3.8, 4) is 6.07 Å². The molecule has 0 spiro atoms. The highest BCUT2D eigenvalue weighted by Gasteiger charge is 2.27. The number of aromatic amines is 1. The van der Waals surface area contributed by atoms with Crippen LogP contribution >= 0.6 is 0 Å². The fourth-order valence-corrected chi connectivity index (χ4v) is 4.55. The molecule has 3 aliphatic rings. The molecule has 5 rings (SSSR count). The number of benzene rings is 1. The van der Waals surface area contributed by atoms with Gasteiger partial charge in [-0.2, -0.15) is 5.26 Å². The number of aromatic nitrogens is 2. The largest absolute Gasteiger partial charge is 0.362 e. The number of carbonyl (C=O) groups is 1. The molecule has 6 nitrogen and oxygen atoms in total. The second-order valence-electron chi connectivity index (χ2n) is 9.48. The number of fused-ring (bicyclic) bond motifs is 2. The quantitative estimate of drug-likeness (QED) is 0.654. The van der Waals surface area contributed by atoms with Crippen LogP contribution in [0.1, 0.15) is 67.0 Å². The van der Waals surface area contributed by atoms with Gasteiger partial charge >= 0.3 is 0 Å². The lowest BCUT2D eigenvalue weighted by molar-refractivity contribution is 0.0829. The molecular formula is C26H26N4O2. The number of nitrogens with one attached hydrogen (secondary N) is 2. The summed E-state index contributed by atoms with van der Waals surface area (Å²) in [6.45, 7) is 4.58. The van der Waals surface area contributed by atoms with Crippen LogP contribution in [0.15, 0.2) is 48.7 Å². The van der Waals surface area contributed by atoms with Crippen LogP contribution in [0.25, 0.3) is 11.1 Å². The Hall–Kier alpha value is -3.43. The van der Waals surface area contributed by atoms with E-state index in [4.69, 9.17) is 10.00 Å². The van der Waals surface area contributed by atoms with Crippen molar-refractivity contribution in [1.29, 1.82) is 5.26 Å². The normalized spacial score (nSPS) is 23.3. The topological polar surface area (TPSA) is 90.8 Å². The third-order valence-electron chi connectivity index (χ3n) is 6.50. The fourth-order valence-electron chi connectivity index (χ4n) is 4.55. The number of anilines is 1. The lowest BCUT2D eigenvalue weighted by Crippen LogP contribution is -2.18. The van der Waals surface area contributed by atoms with Crippen molar-refractivity contribution in [2.24, 2.45) is 5.41 Å². The molecule has 2 aromatic rings. The number of rotatable bonds is 4. The van der Waals surface area contributed by atoms with Crippen molar-refractivity contribution in [3.63, 3.8) is 0 Å². The molecule has 2 N–H and O–H groups in total. The molecule has 2 aliphatic heterocycles. The van der Waals surface area contributed by atoms with Crippen LogP contribution < -0.4 is 5.32 Å². The summed E-state index contributed by atoms with van der Waals surface area (Å²) in [6.07, 6.45) is 14.3. The molecule has 0 saturated carbocycles. The maximum atomic E-state index is 12.8. The van der Waals surface area contributed by atoms with Gasteiger partial charge in [0.05, 0.1) is 12.2 Å². The minimum atomic E-state index is -0.357. The maximum absolute atomic E-state index is 12.8. The SMILES string of the molecule is CC1(C)CC=C(c2cc(C3=C[C@H]4C=C[C@@H](C3)O4)ccc2NC(=O)c2nc(C#N)c[nH]2)CC1. The summed E-state index contributed by atoms with van der Waals surface area (Å²) >= 11 is 0. The van der Waals surface area contributed by atoms with Crippen LogP contribution in [0, 0.1) is 16.7 Å². The van der Waals surface area contributed by atoms with Crippen LogP contribution in [-0.2, 0) is 4.74 Å². The molecule has 2 atom stereocenters. The summed E-state index contributed by atoms with van der Waals surface area (Å²) in [4.78, 5) is 19.6. The number of H-pyrrole nitrogens is 1. The summed E-state index contributed by atoms with van der Waals surface area (Å²) < 4.78 is 5.87. The Morgan fingerprint density at radius 2 is 2.19 bits per heavy atom. The van der Waals surface area contributed by atoms with Crippen molar-refractivity contribution in [2.45, 2.75) is 51.7 Å². The van der Waals surface area contributed by atoms with Crippen molar-refractivity contribution in [2.75, 3.05) is 5.32 Å². The fraction of sp³-hybridized carbons (Fsp3) is 0.346. The Labute approximate surface area is 187 Å². The zero-order chi connectivity index (χ0) is 22.3. The molecule has 0 unspecified atom stereocenters. The first kappa shape index (κ1) is 20.5. The maximum Gasteiger partial charge on any atom is 0.291 e. The minimum Gasteiger partial charge on any atom is -0.362 e. The van der Waals surface area contributed by atoms with Gasteiger partial charge in [0, 0.05) is 23.9 Å². The molecule has 0 fully saturated rings. The van der Waals surface area contributed by atoms with E-state index in [0.29, 0.717) is 5.41 Å². The predicted molar refractivity (Wildman–Crippen MR) is 124 cm³/mol. The number of carbonyl (C=O) groups excluding carboxylic acids is 1. The highest BCUT2D eigenvalue weighted by atomic mass is 16.5. The molecule has 162 valence electrons. The Kier molecular flexibility index (Phi) is 5.07. The van der Waals surface area contributed by atoms with Crippen LogP contribution in [0.2, 0.25) is 0 Å². The summed E-state index contributed by atoms with van der Waals surface area (Å²) in [7, 11) is 0. The van der Waals surface area contributed by atoms with Crippen molar-refractivity contribution in [3.05, 3.63) is 71.3 Å². The molecule has 1 amide bonds. The van der Waals surface area contributed by atoms with Crippen LogP contribution in [0.5, 0.6) is 0 Å². The van der Waals surface area contributed by atoms with Crippen molar-refractivity contribution in [1.82, 2.24) is 9.97 Å². The molecule has 1 aromatic carbocycles. The minimum absolute atomic E-state index is 0.0505. The van der Waals surface area contributed by atoms with Gasteiger partial charge in [-0.3, -0.25) is 4.79 Å². The third-order valence-corrected chi connectivity index (χ3v) is 6.50. The van der Waals surface area contributed by atoms with E-state index >= 15 is 0 Å². The molecule has 1 aliphatic carbocycles. The number of nitriles is 1. The average Bonchev–Trinajstić information content (AvgIpc) is 3.40. The summed E-state index contributed by atoms with van der Waals surface area (Å²) in [5.74, 6) is -0.227. The number of amides is 1. The monoisotopic (exact) mass is 426 g/mol. The first-order valence-corrected chi connectivity index (χ1v) is 11.1. The lowest BCUT2D eigenvalue weighted by Gasteiger charge is -2.30. The van der Waals surface area contributed by atoms with E-state index in [9.17, 15) is 4.79 Å². The second kappa shape index (κ2) is 7.92. The highest BCUT2D eigenvalue weighted by Crippen LogP contribution is 2.41. The van der Waals surface area contributed by atoms with E-state index in [1.54, 1.807) is 0 Å². The molecular weight excluding hydrogens is 400 g/mol. The Bertz CT molecular complexity index is 1210. The van der Waals surface area contributed by atoms with E-state index < -0.39 is 0 Å². The Morgan fingerprint density at radius 1 is 1.31 bits per heavy atom. The number of nitrogens with zero attached hydrogens (tertiary/aromatic N) is 2. The number of allylic oxidation sites excluding steroid dienone is 2. The average molecular weight is 427 g/mol. The van der Waals surface area contributed by atoms with Crippen LogP contribution in [0.4, 0.5) is 5.69 Å². The number of ether oxygens (including phenoxy) is 1. The number of hydrogen-bond acceptors (Lipinski definition) is 4. The molecule has 2 bridgehead atoms. The van der Waals surface area contributed by atoms with Gasteiger partial charge in [0.15, 0.2) is 11.5 Å². The van der Waals surface area contributed by atoms with Crippen LogP contribution in [0.3, 0.4) is 0 Å². The summed E-state index contributed by atoms with van der Waals surface area (Å²) in [6, 6.07) is 8.17. The molecule has 3 heterocycles. The molecule has 6 heteroatoms. The molecule has 0 saturated heterocycles. The van der Waals surface area contributed by atoms with Crippen LogP contribution in [-0.4, -0.2) is 28.1 Å². The van der Waals surface area contributed by atoms with Gasteiger partial charge in [0.25, 0.3) is 5.91 Å². The molecule has 32 heavy (non-hydrogen) atoms. The summed E-state index contributed by atoms with van der Waals surface area (Å²) in [5, 5.41) is 12.0. The van der Waals surface area contributed by atoms with E-state index in [2.05, 4.69) is 65.6 Å². The van der Waals surface area contributed by atoms with Gasteiger partial charge in [0.1, 0.15) is 6.07 Å². The van der Waals surface area contributed by atoms with Gasteiger partial charge in [-0.05, 0) is 59.6 Å². The lowest BCUT2D eigenvalue weighted by atomic mass is 9.76. The third kappa shape index (κ3) is 4.04. The van der Waals surface area contributed by atoms with E-state index in [1.807, 2.05) is 12.1 Å². The van der Waals surface area contributed by atoms with Gasteiger partial charge < -0.3 is 15.0 Å². The first-order chi connectivity index (χ1) is 15.4. The van der Waals surface area contributed by atoms with Gasteiger partial charge in [-0.25, -0.2) is 4.98 Å². The zero-order valence-electron chi connectivity index (χ0n) is 18.3. The molecule has 0 radical (unpaired) electrons. The van der Waals surface area contributed by atoms with Crippen molar-refractivity contribution < 1.29 is 9.53 Å². The highest BCUT2D eigenvalue weighted by molar-refractivity contribution is 6.03. The van der Waals surface area contributed by atoms with Gasteiger partial charge in [-0.15, -0.1) is 0 Å². The Balaban J connectivity index is 1.49. The van der Waals surface area contributed by atoms with Gasteiger partial charge in [0.2, 0.25) is 0 Å². The first-order valence-electron chi connectivity index (χ1n) is 11.1. The number of imidazole rings is 1. The molecule has 1 aromatic heterocycles.